The second-order valence-corrected chi connectivity index (χ2v) is 9.13. The molecule has 3 fully saturated rings. The predicted molar refractivity (Wildman–Crippen MR) is 140 cm³/mol. The molecular formula is C24H45IN4O3. The van der Waals surface area contributed by atoms with E-state index in [4.69, 9.17) is 14.5 Å². The summed E-state index contributed by atoms with van der Waals surface area (Å²) in [6.07, 6.45) is 12.3. The molecule has 0 aromatic heterocycles. The maximum absolute atomic E-state index is 12.7. The number of nitrogens with one attached hydrogen (secondary N) is 1. The van der Waals surface area contributed by atoms with Crippen LogP contribution in [0.4, 0.5) is 0 Å². The van der Waals surface area contributed by atoms with Gasteiger partial charge in [0.25, 0.3) is 0 Å². The molecule has 1 amide bonds. The van der Waals surface area contributed by atoms with E-state index < -0.39 is 0 Å². The zero-order valence-electron chi connectivity index (χ0n) is 20.1. The van der Waals surface area contributed by atoms with E-state index in [1.807, 2.05) is 4.90 Å². The Morgan fingerprint density at radius 1 is 0.969 bits per heavy atom. The molecule has 3 aliphatic rings. The molecule has 8 heteroatoms. The molecule has 0 bridgehead atoms. The van der Waals surface area contributed by atoms with Gasteiger partial charge in [-0.2, -0.15) is 0 Å². The molecule has 2 aliphatic heterocycles. The van der Waals surface area contributed by atoms with E-state index in [0.29, 0.717) is 25.2 Å². The largest absolute Gasteiger partial charge is 0.378 e. The van der Waals surface area contributed by atoms with Crippen LogP contribution < -0.4 is 5.32 Å². The average Bonchev–Trinajstić information content (AvgIpc) is 2.83. The summed E-state index contributed by atoms with van der Waals surface area (Å²) in [5, 5.41) is 3.44. The molecule has 1 N–H and O–H groups in total. The van der Waals surface area contributed by atoms with Gasteiger partial charge in [0.15, 0.2) is 5.96 Å². The van der Waals surface area contributed by atoms with Crippen molar-refractivity contribution in [1.29, 1.82) is 0 Å². The molecule has 0 unspecified atom stereocenters. The molecular weight excluding hydrogens is 519 g/mol. The average molecular weight is 565 g/mol. The van der Waals surface area contributed by atoms with Gasteiger partial charge in [-0.05, 0) is 51.9 Å². The Morgan fingerprint density at radius 2 is 1.69 bits per heavy atom. The molecule has 0 atom stereocenters. The van der Waals surface area contributed by atoms with Crippen molar-refractivity contribution in [2.45, 2.75) is 77.2 Å². The third-order valence-electron chi connectivity index (χ3n) is 6.77. The topological polar surface area (TPSA) is 66.4 Å². The zero-order chi connectivity index (χ0) is 21.7. The van der Waals surface area contributed by atoms with Crippen LogP contribution in [0.25, 0.3) is 0 Å². The number of halogens is 1. The number of hydrogen-bond acceptors (Lipinski definition) is 4. The number of likely N-dealkylation sites (tertiary alicyclic amines) is 1. The Labute approximate surface area is 212 Å². The lowest BCUT2D eigenvalue weighted by Crippen LogP contribution is -2.50. The molecule has 1 saturated carbocycles. The van der Waals surface area contributed by atoms with Gasteiger partial charge in [0, 0.05) is 51.8 Å². The molecule has 0 aromatic carbocycles. The molecule has 2 heterocycles. The van der Waals surface area contributed by atoms with Gasteiger partial charge in [-0.1, -0.05) is 19.3 Å². The Bertz CT molecular complexity index is 543. The minimum Gasteiger partial charge on any atom is -0.378 e. The number of morpholine rings is 1. The highest BCUT2D eigenvalue weighted by molar-refractivity contribution is 14.0. The monoisotopic (exact) mass is 564 g/mol. The molecule has 2 saturated heterocycles. The van der Waals surface area contributed by atoms with Gasteiger partial charge in [0.2, 0.25) is 5.91 Å². The number of amides is 1. The van der Waals surface area contributed by atoms with Crippen molar-refractivity contribution in [3.05, 3.63) is 0 Å². The molecule has 0 radical (unpaired) electrons. The number of carbonyl (C=O) groups is 1. The van der Waals surface area contributed by atoms with Crippen LogP contribution in [-0.2, 0) is 14.3 Å². The van der Waals surface area contributed by atoms with Gasteiger partial charge in [-0.3, -0.25) is 9.79 Å². The smallest absolute Gasteiger partial charge is 0.225 e. The number of rotatable bonds is 9. The summed E-state index contributed by atoms with van der Waals surface area (Å²) < 4.78 is 11.4. The van der Waals surface area contributed by atoms with Crippen LogP contribution in [-0.4, -0.2) is 86.9 Å². The quantitative estimate of drug-likeness (QED) is 0.201. The van der Waals surface area contributed by atoms with E-state index in [-0.39, 0.29) is 29.9 Å². The summed E-state index contributed by atoms with van der Waals surface area (Å²) in [5.74, 6) is 1.49. The molecule has 3 rings (SSSR count). The van der Waals surface area contributed by atoms with Crippen LogP contribution >= 0.6 is 24.0 Å². The number of hydrogen-bond donors (Lipinski definition) is 1. The van der Waals surface area contributed by atoms with E-state index in [2.05, 4.69) is 17.1 Å². The Kier molecular flexibility index (Phi) is 13.9. The van der Waals surface area contributed by atoms with Gasteiger partial charge >= 0.3 is 0 Å². The Balaban J connectivity index is 0.00000363. The van der Waals surface area contributed by atoms with Crippen LogP contribution in [0.5, 0.6) is 0 Å². The number of aliphatic imine (C=N–C) groups is 1. The molecule has 0 spiro atoms. The second kappa shape index (κ2) is 16.1. The van der Waals surface area contributed by atoms with Crippen LogP contribution in [0, 0.1) is 5.92 Å². The maximum atomic E-state index is 12.7. The van der Waals surface area contributed by atoms with Gasteiger partial charge in [0.1, 0.15) is 0 Å². The zero-order valence-corrected chi connectivity index (χ0v) is 22.4. The minimum atomic E-state index is 0. The van der Waals surface area contributed by atoms with Gasteiger partial charge < -0.3 is 24.6 Å². The summed E-state index contributed by atoms with van der Waals surface area (Å²) in [6.45, 7) is 9.40. The van der Waals surface area contributed by atoms with Crippen molar-refractivity contribution < 1.29 is 14.3 Å². The number of guanidine groups is 1. The first-order chi connectivity index (χ1) is 15.3. The van der Waals surface area contributed by atoms with Crippen LogP contribution in [0.1, 0.15) is 71.1 Å². The van der Waals surface area contributed by atoms with Gasteiger partial charge in [-0.25, -0.2) is 0 Å². The molecule has 1 aliphatic carbocycles. The minimum absolute atomic E-state index is 0. The predicted octanol–water partition coefficient (Wildman–Crippen LogP) is 3.66. The highest BCUT2D eigenvalue weighted by atomic mass is 127. The van der Waals surface area contributed by atoms with Gasteiger partial charge in [-0.15, -0.1) is 24.0 Å². The number of ether oxygens (including phenoxy) is 2. The van der Waals surface area contributed by atoms with Crippen molar-refractivity contribution in [1.82, 2.24) is 15.1 Å². The van der Waals surface area contributed by atoms with Crippen LogP contribution in [0.15, 0.2) is 4.99 Å². The fourth-order valence-electron chi connectivity index (χ4n) is 4.86. The molecule has 186 valence electrons. The van der Waals surface area contributed by atoms with Crippen molar-refractivity contribution in [2.75, 3.05) is 59.1 Å². The van der Waals surface area contributed by atoms with Crippen molar-refractivity contribution in [3.8, 4) is 0 Å². The summed E-state index contributed by atoms with van der Waals surface area (Å²) in [7, 11) is 0. The second-order valence-electron chi connectivity index (χ2n) is 9.13. The third kappa shape index (κ3) is 9.33. The summed E-state index contributed by atoms with van der Waals surface area (Å²) in [6, 6.07) is 0. The Morgan fingerprint density at radius 3 is 2.38 bits per heavy atom. The lowest BCUT2D eigenvalue weighted by Gasteiger charge is -2.36. The van der Waals surface area contributed by atoms with E-state index in [1.54, 1.807) is 0 Å². The maximum Gasteiger partial charge on any atom is 0.225 e. The van der Waals surface area contributed by atoms with E-state index in [0.717, 1.165) is 77.5 Å². The summed E-state index contributed by atoms with van der Waals surface area (Å²) >= 11 is 0. The lowest BCUT2D eigenvalue weighted by molar-refractivity contribution is -0.140. The SMILES string of the molecule is CCNC(=NCCCCCOC1CCCCC1)N1CCC(C(=O)N2CCOCC2)CC1.I. The van der Waals surface area contributed by atoms with E-state index in [1.165, 1.54) is 38.5 Å². The highest BCUT2D eigenvalue weighted by Crippen LogP contribution is 2.21. The summed E-state index contributed by atoms with van der Waals surface area (Å²) in [4.78, 5) is 21.9. The normalized spacial score (nSPS) is 21.3. The Hall–Kier alpha value is -0.610. The van der Waals surface area contributed by atoms with E-state index in [9.17, 15) is 4.79 Å². The van der Waals surface area contributed by atoms with E-state index >= 15 is 0 Å². The first-order valence-electron chi connectivity index (χ1n) is 12.8. The van der Waals surface area contributed by atoms with Crippen LogP contribution in [0.2, 0.25) is 0 Å². The van der Waals surface area contributed by atoms with Crippen molar-refractivity contribution in [3.63, 3.8) is 0 Å². The lowest BCUT2D eigenvalue weighted by atomic mass is 9.95. The first-order valence-corrected chi connectivity index (χ1v) is 12.8. The van der Waals surface area contributed by atoms with Crippen molar-refractivity contribution in [2.24, 2.45) is 10.9 Å². The fraction of sp³-hybridized carbons (Fsp3) is 0.917. The molecule has 0 aromatic rings. The molecule has 7 nitrogen and oxygen atoms in total. The molecule has 32 heavy (non-hydrogen) atoms. The van der Waals surface area contributed by atoms with Crippen molar-refractivity contribution >= 4 is 35.8 Å². The van der Waals surface area contributed by atoms with Gasteiger partial charge in [0.05, 0.1) is 19.3 Å². The number of piperidine rings is 1. The third-order valence-corrected chi connectivity index (χ3v) is 6.77. The highest BCUT2D eigenvalue weighted by Gasteiger charge is 2.30. The number of unbranched alkanes of at least 4 members (excludes halogenated alkanes) is 2. The number of carbonyl (C=O) groups excluding carboxylic acids is 1. The van der Waals surface area contributed by atoms with Crippen LogP contribution in [0.3, 0.4) is 0 Å². The number of nitrogens with zero attached hydrogens (tertiary/aromatic N) is 3. The first kappa shape index (κ1) is 27.6. The fourth-order valence-corrected chi connectivity index (χ4v) is 4.86. The summed E-state index contributed by atoms with van der Waals surface area (Å²) in [5.41, 5.74) is 0. The standard InChI is InChI=1S/C24H44N4O3.HI/c1-2-25-24(26-13-7-4-8-18-31-22-9-5-3-6-10-22)28-14-11-21(12-15-28)23(29)27-16-19-30-20-17-27;/h21-22H,2-20H2,1H3,(H,25,26);1H.